The molecular weight excluding hydrogens is 492 g/mol. The number of methoxy groups -OCH3 is 1. The maximum absolute atomic E-state index is 6.23. The van der Waals surface area contributed by atoms with Crippen LogP contribution in [0.5, 0.6) is 11.5 Å². The SMILES string of the molecule is COc1cc(C=Nc2ccc(N3CCOCC3)cc2)c(Br)cc1OCc1ccccc1Cl. The minimum atomic E-state index is 0.353. The van der Waals surface area contributed by atoms with E-state index in [2.05, 4.69) is 38.0 Å². The monoisotopic (exact) mass is 514 g/mol. The summed E-state index contributed by atoms with van der Waals surface area (Å²) in [6.45, 7) is 3.73. The number of aliphatic imine (C=N–C) groups is 1. The molecule has 0 radical (unpaired) electrons. The van der Waals surface area contributed by atoms with Gasteiger partial charge in [-0.05, 0) is 58.4 Å². The van der Waals surface area contributed by atoms with Crippen LogP contribution in [-0.4, -0.2) is 39.6 Å². The molecule has 4 rings (SSSR count). The molecule has 0 aliphatic carbocycles. The van der Waals surface area contributed by atoms with Gasteiger partial charge in [-0.1, -0.05) is 29.8 Å². The number of morpholine rings is 1. The summed E-state index contributed by atoms with van der Waals surface area (Å²) in [5.41, 5.74) is 3.88. The molecule has 0 unspecified atom stereocenters. The highest BCUT2D eigenvalue weighted by Gasteiger charge is 2.12. The average molecular weight is 516 g/mol. The molecule has 0 N–H and O–H groups in total. The fourth-order valence-electron chi connectivity index (χ4n) is 3.41. The molecule has 1 aliphatic heterocycles. The molecule has 3 aromatic carbocycles. The van der Waals surface area contributed by atoms with Gasteiger partial charge in [-0.15, -0.1) is 0 Å². The lowest BCUT2D eigenvalue weighted by Crippen LogP contribution is -2.36. The number of ether oxygens (including phenoxy) is 3. The van der Waals surface area contributed by atoms with Crippen LogP contribution in [0.2, 0.25) is 5.02 Å². The van der Waals surface area contributed by atoms with E-state index in [1.807, 2.05) is 54.7 Å². The van der Waals surface area contributed by atoms with Gasteiger partial charge in [0, 0.05) is 45.6 Å². The minimum absolute atomic E-state index is 0.353. The Labute approximate surface area is 201 Å². The summed E-state index contributed by atoms with van der Waals surface area (Å²) in [6, 6.07) is 19.6. The fourth-order valence-corrected chi connectivity index (χ4v) is 4.02. The molecule has 166 valence electrons. The van der Waals surface area contributed by atoms with Crippen LogP contribution in [0.3, 0.4) is 0 Å². The Balaban J connectivity index is 1.46. The molecular formula is C25H24BrClN2O3. The van der Waals surface area contributed by atoms with Gasteiger partial charge in [0.1, 0.15) is 6.61 Å². The van der Waals surface area contributed by atoms with Crippen molar-refractivity contribution >= 4 is 45.1 Å². The lowest BCUT2D eigenvalue weighted by molar-refractivity contribution is 0.122. The number of hydrogen-bond donors (Lipinski definition) is 0. The van der Waals surface area contributed by atoms with Gasteiger partial charge in [0.2, 0.25) is 0 Å². The Bertz CT molecular complexity index is 1080. The molecule has 1 saturated heterocycles. The Morgan fingerprint density at radius 2 is 1.81 bits per heavy atom. The van der Waals surface area contributed by atoms with Crippen molar-refractivity contribution in [2.45, 2.75) is 6.61 Å². The first kappa shape index (κ1) is 22.6. The molecule has 1 heterocycles. The number of rotatable bonds is 7. The first-order chi connectivity index (χ1) is 15.6. The average Bonchev–Trinajstić information content (AvgIpc) is 2.84. The third-order valence-corrected chi connectivity index (χ3v) is 6.26. The second-order valence-corrected chi connectivity index (χ2v) is 8.54. The third-order valence-electron chi connectivity index (χ3n) is 5.20. The lowest BCUT2D eigenvalue weighted by Gasteiger charge is -2.28. The van der Waals surface area contributed by atoms with Gasteiger partial charge >= 0.3 is 0 Å². The number of hydrogen-bond acceptors (Lipinski definition) is 5. The van der Waals surface area contributed by atoms with Gasteiger partial charge in [-0.25, -0.2) is 0 Å². The predicted octanol–water partition coefficient (Wildman–Crippen LogP) is 6.28. The van der Waals surface area contributed by atoms with Crippen LogP contribution in [-0.2, 0) is 11.3 Å². The van der Waals surface area contributed by atoms with Crippen molar-refractivity contribution in [3.05, 3.63) is 81.3 Å². The van der Waals surface area contributed by atoms with E-state index < -0.39 is 0 Å². The minimum Gasteiger partial charge on any atom is -0.493 e. The fraction of sp³-hybridized carbons (Fsp3) is 0.240. The van der Waals surface area contributed by atoms with Gasteiger partial charge in [0.25, 0.3) is 0 Å². The lowest BCUT2D eigenvalue weighted by atomic mass is 10.2. The van der Waals surface area contributed by atoms with Gasteiger partial charge in [0.05, 0.1) is 26.0 Å². The summed E-state index contributed by atoms with van der Waals surface area (Å²) in [5.74, 6) is 1.26. The Morgan fingerprint density at radius 3 is 2.53 bits per heavy atom. The maximum Gasteiger partial charge on any atom is 0.162 e. The molecule has 3 aromatic rings. The molecule has 5 nitrogen and oxygen atoms in total. The van der Waals surface area contributed by atoms with E-state index in [9.17, 15) is 0 Å². The normalized spacial score (nSPS) is 14.0. The predicted molar refractivity (Wildman–Crippen MR) is 133 cm³/mol. The van der Waals surface area contributed by atoms with Crippen molar-refractivity contribution in [3.8, 4) is 11.5 Å². The van der Waals surface area contributed by atoms with E-state index in [-0.39, 0.29) is 0 Å². The largest absolute Gasteiger partial charge is 0.493 e. The smallest absolute Gasteiger partial charge is 0.162 e. The molecule has 7 heteroatoms. The van der Waals surface area contributed by atoms with E-state index in [1.54, 1.807) is 7.11 Å². The number of benzene rings is 3. The summed E-state index contributed by atoms with van der Waals surface area (Å²) in [7, 11) is 1.62. The Hall–Kier alpha value is -2.54. The van der Waals surface area contributed by atoms with Crippen molar-refractivity contribution in [3.63, 3.8) is 0 Å². The Kier molecular flexibility index (Phi) is 7.68. The zero-order valence-electron chi connectivity index (χ0n) is 17.8. The van der Waals surface area contributed by atoms with Gasteiger partial charge in [-0.3, -0.25) is 4.99 Å². The van der Waals surface area contributed by atoms with E-state index in [0.29, 0.717) is 23.1 Å². The van der Waals surface area contributed by atoms with E-state index in [4.69, 9.17) is 25.8 Å². The molecule has 1 fully saturated rings. The van der Waals surface area contributed by atoms with Crippen LogP contribution in [0.25, 0.3) is 0 Å². The number of halogens is 2. The number of nitrogens with zero attached hydrogens (tertiary/aromatic N) is 2. The summed E-state index contributed by atoms with van der Waals surface area (Å²) in [4.78, 5) is 6.94. The second kappa shape index (κ2) is 10.9. The highest BCUT2D eigenvalue weighted by molar-refractivity contribution is 9.10. The van der Waals surface area contributed by atoms with Crippen LogP contribution >= 0.6 is 27.5 Å². The standard InChI is InChI=1S/C25H24BrClN2O3/c1-30-24-14-19(22(26)15-25(24)32-17-18-4-2-3-5-23(18)27)16-28-20-6-8-21(9-7-20)29-10-12-31-13-11-29/h2-9,14-16H,10-13,17H2,1H3. The first-order valence-corrected chi connectivity index (χ1v) is 11.5. The van der Waals surface area contributed by atoms with Crippen molar-refractivity contribution < 1.29 is 14.2 Å². The summed E-state index contributed by atoms with van der Waals surface area (Å²) in [6.07, 6.45) is 1.81. The van der Waals surface area contributed by atoms with Crippen molar-refractivity contribution in [1.29, 1.82) is 0 Å². The van der Waals surface area contributed by atoms with Crippen LogP contribution in [0, 0.1) is 0 Å². The molecule has 0 saturated carbocycles. The quantitative estimate of drug-likeness (QED) is 0.348. The molecule has 32 heavy (non-hydrogen) atoms. The molecule has 0 aromatic heterocycles. The van der Waals surface area contributed by atoms with Crippen LogP contribution in [0.15, 0.2) is 70.1 Å². The van der Waals surface area contributed by atoms with Crippen LogP contribution in [0.1, 0.15) is 11.1 Å². The Morgan fingerprint density at radius 1 is 1.06 bits per heavy atom. The summed E-state index contributed by atoms with van der Waals surface area (Å²) < 4.78 is 17.8. The highest BCUT2D eigenvalue weighted by Crippen LogP contribution is 2.34. The van der Waals surface area contributed by atoms with E-state index in [0.717, 1.165) is 47.6 Å². The zero-order valence-corrected chi connectivity index (χ0v) is 20.1. The molecule has 0 bridgehead atoms. The molecule has 1 aliphatic rings. The van der Waals surface area contributed by atoms with E-state index in [1.165, 1.54) is 5.69 Å². The number of anilines is 1. The second-order valence-electron chi connectivity index (χ2n) is 7.28. The molecule has 0 atom stereocenters. The third kappa shape index (κ3) is 5.63. The summed E-state index contributed by atoms with van der Waals surface area (Å²) >= 11 is 9.84. The highest BCUT2D eigenvalue weighted by atomic mass is 79.9. The van der Waals surface area contributed by atoms with Gasteiger partial charge in [-0.2, -0.15) is 0 Å². The zero-order chi connectivity index (χ0) is 22.3. The summed E-state index contributed by atoms with van der Waals surface area (Å²) in [5, 5.41) is 0.675. The first-order valence-electron chi connectivity index (χ1n) is 10.3. The van der Waals surface area contributed by atoms with Crippen molar-refractivity contribution in [2.75, 3.05) is 38.3 Å². The van der Waals surface area contributed by atoms with Crippen molar-refractivity contribution in [2.24, 2.45) is 4.99 Å². The topological polar surface area (TPSA) is 43.3 Å². The van der Waals surface area contributed by atoms with E-state index >= 15 is 0 Å². The maximum atomic E-state index is 6.23. The van der Waals surface area contributed by atoms with Gasteiger partial charge in [0.15, 0.2) is 11.5 Å². The van der Waals surface area contributed by atoms with Crippen LogP contribution < -0.4 is 14.4 Å². The molecule has 0 amide bonds. The van der Waals surface area contributed by atoms with Gasteiger partial charge < -0.3 is 19.1 Å². The van der Waals surface area contributed by atoms with Crippen molar-refractivity contribution in [1.82, 2.24) is 0 Å². The van der Waals surface area contributed by atoms with Crippen LogP contribution in [0.4, 0.5) is 11.4 Å². The molecule has 0 spiro atoms.